The molecule has 0 spiro atoms. The van der Waals surface area contributed by atoms with Crippen LogP contribution in [-0.4, -0.2) is 24.0 Å². The monoisotopic (exact) mass is 293 g/mol. The molecule has 0 aromatic heterocycles. The molecule has 0 atom stereocenters. The van der Waals surface area contributed by atoms with Crippen LogP contribution in [0.25, 0.3) is 0 Å². The van der Waals surface area contributed by atoms with Crippen molar-refractivity contribution in [3.63, 3.8) is 0 Å². The van der Waals surface area contributed by atoms with E-state index in [-0.39, 0.29) is 5.60 Å². The number of benzene rings is 1. The first-order chi connectivity index (χ1) is 9.89. The van der Waals surface area contributed by atoms with Gasteiger partial charge < -0.3 is 9.64 Å². The summed E-state index contributed by atoms with van der Waals surface area (Å²) in [5.41, 5.74) is 4.00. The maximum absolute atomic E-state index is 10.6. The summed E-state index contributed by atoms with van der Waals surface area (Å²) in [4.78, 5) is 12.4. The second-order valence-corrected chi connectivity index (χ2v) is 5.78. The fraction of sp³-hybridized carbons (Fsp3) is 0.611. The molecule has 1 heterocycles. The summed E-state index contributed by atoms with van der Waals surface area (Å²) in [6.07, 6.45) is 1.99. The number of fused-ring (bicyclic) bond motifs is 1. The van der Waals surface area contributed by atoms with Crippen molar-refractivity contribution in [1.29, 1.82) is 0 Å². The van der Waals surface area contributed by atoms with Crippen LogP contribution in [0.4, 0.5) is 0 Å². The zero-order valence-corrected chi connectivity index (χ0v) is 14.7. The van der Waals surface area contributed by atoms with Crippen molar-refractivity contribution < 1.29 is 9.53 Å². The summed E-state index contributed by atoms with van der Waals surface area (Å²) in [6.45, 7) is 13.8. The van der Waals surface area contributed by atoms with E-state index in [1.165, 1.54) is 16.7 Å². The predicted molar refractivity (Wildman–Crippen MR) is 89.2 cm³/mol. The Morgan fingerprint density at radius 1 is 1.19 bits per heavy atom. The molecule has 0 fully saturated rings. The first-order valence-electron chi connectivity index (χ1n) is 7.74. The Morgan fingerprint density at radius 2 is 1.71 bits per heavy atom. The van der Waals surface area contributed by atoms with Crippen LogP contribution in [0.2, 0.25) is 0 Å². The van der Waals surface area contributed by atoms with E-state index in [0.29, 0.717) is 0 Å². The highest BCUT2D eigenvalue weighted by atomic mass is 16.5. The van der Waals surface area contributed by atoms with Crippen LogP contribution in [0.15, 0.2) is 18.2 Å². The summed E-state index contributed by atoms with van der Waals surface area (Å²) < 4.78 is 4.94. The van der Waals surface area contributed by atoms with Crippen molar-refractivity contribution in [1.82, 2.24) is 4.90 Å². The number of carbonyl (C=O) groups excluding carboxylic acids is 1. The van der Waals surface area contributed by atoms with Gasteiger partial charge in [-0.15, -0.1) is 0 Å². The van der Waals surface area contributed by atoms with Crippen LogP contribution in [0.1, 0.15) is 58.2 Å². The normalized spacial score (nSPS) is 12.6. The van der Waals surface area contributed by atoms with Gasteiger partial charge in [0.2, 0.25) is 6.41 Å². The first kappa shape index (κ1) is 19.7. The lowest BCUT2D eigenvalue weighted by atomic mass is 10.1. The number of hydrogen-bond acceptors (Lipinski definition) is 2. The van der Waals surface area contributed by atoms with Gasteiger partial charge in [0.05, 0.1) is 5.60 Å². The third-order valence-corrected chi connectivity index (χ3v) is 3.19. The van der Waals surface area contributed by atoms with Crippen molar-refractivity contribution in [2.75, 3.05) is 7.11 Å². The minimum Gasteiger partial charge on any atom is -0.379 e. The minimum absolute atomic E-state index is 0.0417. The number of aryl methyl sites for hydroxylation is 1. The molecule has 0 bridgehead atoms. The van der Waals surface area contributed by atoms with E-state index in [9.17, 15) is 4.79 Å². The molecule has 1 aromatic rings. The lowest BCUT2D eigenvalue weighted by Crippen LogP contribution is -2.15. The smallest absolute Gasteiger partial charge is 0.210 e. The molecular formula is C18H31NO2. The number of methoxy groups -OCH3 is 1. The van der Waals surface area contributed by atoms with Gasteiger partial charge in [-0.05, 0) is 43.9 Å². The van der Waals surface area contributed by atoms with Gasteiger partial charge >= 0.3 is 0 Å². The molecule has 0 saturated carbocycles. The Balaban J connectivity index is 0.000000427. The molecule has 1 aromatic carbocycles. The van der Waals surface area contributed by atoms with E-state index in [1.54, 1.807) is 12.0 Å². The van der Waals surface area contributed by atoms with Crippen LogP contribution < -0.4 is 0 Å². The zero-order valence-electron chi connectivity index (χ0n) is 14.7. The molecule has 1 aliphatic heterocycles. The standard InChI is InChI=1S/C11H13NO.C5H12O.C2H6/c1-2-9-3-4-10-6-12(8-13)7-11(10)5-9;1-5(2,3)6-4;1-2/h3-5,8H,2,6-7H2,1H3;1-4H3;1-2H3. The molecule has 2 rings (SSSR count). The lowest BCUT2D eigenvalue weighted by Gasteiger charge is -2.14. The predicted octanol–water partition coefficient (Wildman–Crippen LogP) is 4.18. The van der Waals surface area contributed by atoms with Gasteiger partial charge in [0.25, 0.3) is 0 Å². The van der Waals surface area contributed by atoms with E-state index in [2.05, 4.69) is 25.1 Å². The van der Waals surface area contributed by atoms with Crippen LogP contribution in [0, 0.1) is 0 Å². The van der Waals surface area contributed by atoms with Crippen LogP contribution >= 0.6 is 0 Å². The number of amides is 1. The molecule has 0 N–H and O–H groups in total. The number of ether oxygens (including phenoxy) is 1. The summed E-state index contributed by atoms with van der Waals surface area (Å²) in [5, 5.41) is 0. The molecule has 0 aliphatic carbocycles. The van der Waals surface area contributed by atoms with Crippen molar-refractivity contribution in [3.05, 3.63) is 34.9 Å². The summed E-state index contributed by atoms with van der Waals surface area (Å²) in [6, 6.07) is 6.49. The van der Waals surface area contributed by atoms with Gasteiger partial charge in [-0.25, -0.2) is 0 Å². The van der Waals surface area contributed by atoms with Gasteiger partial charge in [0, 0.05) is 20.2 Å². The van der Waals surface area contributed by atoms with E-state index in [0.717, 1.165) is 25.9 Å². The number of nitrogens with zero attached hydrogens (tertiary/aromatic N) is 1. The van der Waals surface area contributed by atoms with E-state index in [1.807, 2.05) is 34.6 Å². The molecule has 3 heteroatoms. The molecule has 1 amide bonds. The summed E-state index contributed by atoms with van der Waals surface area (Å²) >= 11 is 0. The molecule has 1 aliphatic rings. The second kappa shape index (κ2) is 9.56. The number of hydrogen-bond donors (Lipinski definition) is 0. The van der Waals surface area contributed by atoms with Crippen LogP contribution in [0.5, 0.6) is 0 Å². The Morgan fingerprint density at radius 3 is 2.14 bits per heavy atom. The Bertz CT molecular complexity index is 422. The van der Waals surface area contributed by atoms with Gasteiger partial charge in [-0.1, -0.05) is 39.0 Å². The molecule has 21 heavy (non-hydrogen) atoms. The molecule has 0 saturated heterocycles. The summed E-state index contributed by atoms with van der Waals surface area (Å²) in [7, 11) is 1.71. The van der Waals surface area contributed by atoms with E-state index in [4.69, 9.17) is 4.74 Å². The first-order valence-corrected chi connectivity index (χ1v) is 7.74. The minimum atomic E-state index is 0.0417. The average Bonchev–Trinajstić information content (AvgIpc) is 2.91. The van der Waals surface area contributed by atoms with Gasteiger partial charge in [-0.2, -0.15) is 0 Å². The van der Waals surface area contributed by atoms with Crippen LogP contribution in [0.3, 0.4) is 0 Å². The molecule has 0 unspecified atom stereocenters. The highest BCUT2D eigenvalue weighted by Gasteiger charge is 2.16. The van der Waals surface area contributed by atoms with Crippen molar-refractivity contribution in [2.45, 2.75) is 66.7 Å². The largest absolute Gasteiger partial charge is 0.379 e. The maximum Gasteiger partial charge on any atom is 0.210 e. The quantitative estimate of drug-likeness (QED) is 0.766. The van der Waals surface area contributed by atoms with E-state index < -0.39 is 0 Å². The third-order valence-electron chi connectivity index (χ3n) is 3.19. The topological polar surface area (TPSA) is 29.5 Å². The zero-order chi connectivity index (χ0) is 16.5. The fourth-order valence-corrected chi connectivity index (χ4v) is 1.77. The average molecular weight is 293 g/mol. The Labute approximate surface area is 130 Å². The fourth-order valence-electron chi connectivity index (χ4n) is 1.77. The third kappa shape index (κ3) is 7.28. The van der Waals surface area contributed by atoms with Crippen molar-refractivity contribution in [2.24, 2.45) is 0 Å². The number of rotatable bonds is 2. The van der Waals surface area contributed by atoms with Crippen molar-refractivity contribution >= 4 is 6.41 Å². The molecular weight excluding hydrogens is 262 g/mol. The van der Waals surface area contributed by atoms with Gasteiger partial charge in [0.1, 0.15) is 0 Å². The highest BCUT2D eigenvalue weighted by molar-refractivity contribution is 5.51. The van der Waals surface area contributed by atoms with E-state index >= 15 is 0 Å². The highest BCUT2D eigenvalue weighted by Crippen LogP contribution is 2.22. The molecule has 3 nitrogen and oxygen atoms in total. The number of carbonyl (C=O) groups is 1. The van der Waals surface area contributed by atoms with Crippen molar-refractivity contribution in [3.8, 4) is 0 Å². The van der Waals surface area contributed by atoms with Gasteiger partial charge in [-0.3, -0.25) is 4.79 Å². The second-order valence-electron chi connectivity index (χ2n) is 5.78. The van der Waals surface area contributed by atoms with Crippen LogP contribution in [-0.2, 0) is 29.0 Å². The Hall–Kier alpha value is -1.35. The van der Waals surface area contributed by atoms with Gasteiger partial charge in [0.15, 0.2) is 0 Å². The molecule has 120 valence electrons. The maximum atomic E-state index is 10.6. The molecule has 0 radical (unpaired) electrons. The lowest BCUT2D eigenvalue weighted by molar-refractivity contribution is -0.118. The SMILES string of the molecule is CC.CCc1ccc2c(c1)CN(C=O)C2.COC(C)(C)C. The Kier molecular flexibility index (Phi) is 8.95. The summed E-state index contributed by atoms with van der Waals surface area (Å²) in [5.74, 6) is 0.